The Hall–Kier alpha value is -1.26. The number of amides is 1. The number of methoxy groups -OCH3 is 1. The van der Waals surface area contributed by atoms with Crippen LogP contribution < -0.4 is 15.4 Å². The first-order chi connectivity index (χ1) is 8.17. The summed E-state index contributed by atoms with van der Waals surface area (Å²) in [4.78, 5) is 11.0. The molecule has 0 fully saturated rings. The fraction of sp³-hybridized carbons (Fsp3) is 0.417. The van der Waals surface area contributed by atoms with Crippen molar-refractivity contribution in [1.29, 1.82) is 0 Å². The van der Waals surface area contributed by atoms with E-state index in [0.717, 1.165) is 5.56 Å². The molecule has 0 aliphatic carbocycles. The zero-order valence-corrected chi connectivity index (χ0v) is 10.8. The number of benzene rings is 1. The lowest BCUT2D eigenvalue weighted by molar-refractivity contribution is -0.120. The maximum absolute atomic E-state index is 11.0. The molecular weight excluding hydrogens is 240 g/mol. The smallest absolute Gasteiger partial charge is 0.221 e. The van der Waals surface area contributed by atoms with Crippen molar-refractivity contribution in [3.05, 3.63) is 28.8 Å². The summed E-state index contributed by atoms with van der Waals surface area (Å²) in [6.45, 7) is 1.32. The van der Waals surface area contributed by atoms with Crippen LogP contribution in [0.1, 0.15) is 12.0 Å². The molecule has 1 aromatic carbocycles. The summed E-state index contributed by atoms with van der Waals surface area (Å²) < 4.78 is 5.07. The Morgan fingerprint density at radius 3 is 2.82 bits per heavy atom. The van der Waals surface area contributed by atoms with Gasteiger partial charge in [-0.2, -0.15) is 0 Å². The predicted molar refractivity (Wildman–Crippen MR) is 68.4 cm³/mol. The largest absolute Gasteiger partial charge is 0.495 e. The molecule has 1 rings (SSSR count). The lowest BCUT2D eigenvalue weighted by atomic mass is 10.2. The van der Waals surface area contributed by atoms with Crippen LogP contribution in [0.2, 0.25) is 5.02 Å². The third kappa shape index (κ3) is 4.63. The SMILES string of the molecule is CNC(=O)CCNCc1ccc(OC)c(Cl)c1. The normalized spacial score (nSPS) is 10.1. The summed E-state index contributed by atoms with van der Waals surface area (Å²) in [5.41, 5.74) is 1.06. The minimum absolute atomic E-state index is 0.0327. The minimum Gasteiger partial charge on any atom is -0.495 e. The molecule has 0 unspecified atom stereocenters. The zero-order chi connectivity index (χ0) is 12.7. The molecule has 0 aliphatic rings. The third-order valence-corrected chi connectivity index (χ3v) is 2.65. The Bertz CT molecular complexity index is 383. The molecule has 0 atom stereocenters. The van der Waals surface area contributed by atoms with Crippen molar-refractivity contribution < 1.29 is 9.53 Å². The van der Waals surface area contributed by atoms with Crippen LogP contribution in [0.15, 0.2) is 18.2 Å². The first kappa shape index (κ1) is 13.8. The van der Waals surface area contributed by atoms with Crippen LogP contribution in [-0.2, 0) is 11.3 Å². The number of carbonyl (C=O) groups is 1. The molecule has 0 spiro atoms. The third-order valence-electron chi connectivity index (χ3n) is 2.35. The van der Waals surface area contributed by atoms with E-state index in [1.165, 1.54) is 0 Å². The van der Waals surface area contributed by atoms with E-state index in [0.29, 0.717) is 30.3 Å². The monoisotopic (exact) mass is 256 g/mol. The van der Waals surface area contributed by atoms with E-state index in [2.05, 4.69) is 10.6 Å². The van der Waals surface area contributed by atoms with Gasteiger partial charge in [-0.05, 0) is 17.7 Å². The maximum atomic E-state index is 11.0. The second-order valence-corrected chi connectivity index (χ2v) is 3.98. The van der Waals surface area contributed by atoms with Gasteiger partial charge in [0.25, 0.3) is 0 Å². The zero-order valence-electron chi connectivity index (χ0n) is 10.0. The van der Waals surface area contributed by atoms with Gasteiger partial charge in [0, 0.05) is 26.6 Å². The van der Waals surface area contributed by atoms with Crippen molar-refractivity contribution in [2.75, 3.05) is 20.7 Å². The Labute approximate surface area is 106 Å². The van der Waals surface area contributed by atoms with Gasteiger partial charge in [-0.1, -0.05) is 17.7 Å². The second kappa shape index (κ2) is 7.14. The van der Waals surface area contributed by atoms with E-state index in [1.54, 1.807) is 14.2 Å². The summed E-state index contributed by atoms with van der Waals surface area (Å²) in [6.07, 6.45) is 0.473. The van der Waals surface area contributed by atoms with Crippen LogP contribution in [0, 0.1) is 0 Å². The highest BCUT2D eigenvalue weighted by molar-refractivity contribution is 6.32. The summed E-state index contributed by atoms with van der Waals surface area (Å²) in [5, 5.41) is 6.34. The molecule has 1 aromatic rings. The molecule has 17 heavy (non-hydrogen) atoms. The first-order valence-corrected chi connectivity index (χ1v) is 5.79. The Morgan fingerprint density at radius 1 is 1.47 bits per heavy atom. The van der Waals surface area contributed by atoms with Crippen LogP contribution in [-0.4, -0.2) is 26.6 Å². The van der Waals surface area contributed by atoms with Crippen molar-refractivity contribution in [3.63, 3.8) is 0 Å². The Balaban J connectivity index is 2.37. The van der Waals surface area contributed by atoms with Crippen molar-refractivity contribution >= 4 is 17.5 Å². The number of carbonyl (C=O) groups excluding carboxylic acids is 1. The van der Waals surface area contributed by atoms with Gasteiger partial charge in [-0.25, -0.2) is 0 Å². The van der Waals surface area contributed by atoms with Crippen molar-refractivity contribution in [1.82, 2.24) is 10.6 Å². The lowest BCUT2D eigenvalue weighted by Crippen LogP contribution is -2.24. The van der Waals surface area contributed by atoms with Crippen LogP contribution in [0.25, 0.3) is 0 Å². The predicted octanol–water partition coefficient (Wildman–Crippen LogP) is 1.57. The number of ether oxygens (including phenoxy) is 1. The number of halogens is 1. The fourth-order valence-electron chi connectivity index (χ4n) is 1.38. The number of hydrogen-bond donors (Lipinski definition) is 2. The molecule has 0 aromatic heterocycles. The molecule has 0 radical (unpaired) electrons. The van der Waals surface area contributed by atoms with E-state index in [9.17, 15) is 4.79 Å². The number of rotatable bonds is 6. The van der Waals surface area contributed by atoms with Crippen molar-refractivity contribution in [3.8, 4) is 5.75 Å². The van der Waals surface area contributed by atoms with Gasteiger partial charge in [0.05, 0.1) is 12.1 Å². The highest BCUT2D eigenvalue weighted by Gasteiger charge is 2.02. The molecule has 94 valence electrons. The van der Waals surface area contributed by atoms with Crippen LogP contribution >= 0.6 is 11.6 Å². The van der Waals surface area contributed by atoms with Gasteiger partial charge in [0.15, 0.2) is 0 Å². The molecule has 2 N–H and O–H groups in total. The highest BCUT2D eigenvalue weighted by Crippen LogP contribution is 2.24. The van der Waals surface area contributed by atoms with Crippen molar-refractivity contribution in [2.24, 2.45) is 0 Å². The van der Waals surface area contributed by atoms with Crippen LogP contribution in [0.4, 0.5) is 0 Å². The van der Waals surface area contributed by atoms with E-state index >= 15 is 0 Å². The van der Waals surface area contributed by atoms with Gasteiger partial charge < -0.3 is 15.4 Å². The standard InChI is InChI=1S/C12H17ClN2O2/c1-14-12(16)5-6-15-8-9-3-4-11(17-2)10(13)7-9/h3-4,7,15H,5-6,8H2,1-2H3,(H,14,16). The van der Waals surface area contributed by atoms with Gasteiger partial charge in [-0.3, -0.25) is 4.79 Å². The molecule has 1 amide bonds. The number of nitrogens with one attached hydrogen (secondary N) is 2. The molecule has 4 nitrogen and oxygen atoms in total. The van der Waals surface area contributed by atoms with Gasteiger partial charge in [0.2, 0.25) is 5.91 Å². The second-order valence-electron chi connectivity index (χ2n) is 3.57. The van der Waals surface area contributed by atoms with E-state index in [-0.39, 0.29) is 5.91 Å². The topological polar surface area (TPSA) is 50.4 Å². The van der Waals surface area contributed by atoms with E-state index < -0.39 is 0 Å². The summed E-state index contributed by atoms with van der Waals surface area (Å²) in [7, 11) is 3.22. The molecular formula is C12H17ClN2O2. The molecule has 0 bridgehead atoms. The van der Waals surface area contributed by atoms with Crippen molar-refractivity contribution in [2.45, 2.75) is 13.0 Å². The first-order valence-electron chi connectivity index (χ1n) is 5.41. The summed E-state index contributed by atoms with van der Waals surface area (Å²) >= 11 is 6.00. The quantitative estimate of drug-likeness (QED) is 0.760. The van der Waals surface area contributed by atoms with E-state index in [4.69, 9.17) is 16.3 Å². The average molecular weight is 257 g/mol. The van der Waals surface area contributed by atoms with Crippen LogP contribution in [0.5, 0.6) is 5.75 Å². The Kier molecular flexibility index (Phi) is 5.80. The van der Waals surface area contributed by atoms with Gasteiger partial charge >= 0.3 is 0 Å². The summed E-state index contributed by atoms with van der Waals surface area (Å²) in [5.74, 6) is 0.700. The number of hydrogen-bond acceptors (Lipinski definition) is 3. The minimum atomic E-state index is 0.0327. The molecule has 0 heterocycles. The average Bonchev–Trinajstić information content (AvgIpc) is 2.34. The lowest BCUT2D eigenvalue weighted by Gasteiger charge is -2.07. The van der Waals surface area contributed by atoms with Gasteiger partial charge in [-0.15, -0.1) is 0 Å². The van der Waals surface area contributed by atoms with Gasteiger partial charge in [0.1, 0.15) is 5.75 Å². The molecule has 5 heteroatoms. The fourth-order valence-corrected chi connectivity index (χ4v) is 1.66. The maximum Gasteiger partial charge on any atom is 0.221 e. The van der Waals surface area contributed by atoms with E-state index in [1.807, 2.05) is 18.2 Å². The molecule has 0 saturated heterocycles. The molecule has 0 aliphatic heterocycles. The summed E-state index contributed by atoms with van der Waals surface area (Å²) in [6, 6.07) is 5.63. The van der Waals surface area contributed by atoms with Crippen LogP contribution in [0.3, 0.4) is 0 Å². The molecule has 0 saturated carbocycles. The highest BCUT2D eigenvalue weighted by atomic mass is 35.5. The Morgan fingerprint density at radius 2 is 2.24 bits per heavy atom.